The zero-order valence-electron chi connectivity index (χ0n) is 11.6. The van der Waals surface area contributed by atoms with Crippen LogP contribution in [0.4, 0.5) is 0 Å². The molecule has 0 spiro atoms. The maximum atomic E-state index is 12.0. The molecule has 4 nitrogen and oxygen atoms in total. The Morgan fingerprint density at radius 3 is 2.39 bits per heavy atom. The number of aliphatic hydroxyl groups is 1. The summed E-state index contributed by atoms with van der Waals surface area (Å²) in [6.07, 6.45) is 0.227. The van der Waals surface area contributed by atoms with Crippen molar-refractivity contribution >= 4 is 5.90 Å². The molecule has 0 fully saturated rings. The fraction of sp³-hybridized carbons (Fsp3) is 0.500. The van der Waals surface area contributed by atoms with Crippen molar-refractivity contribution in [3.05, 3.63) is 35.4 Å². The van der Waals surface area contributed by atoms with Gasteiger partial charge < -0.3 is 10.2 Å². The highest BCUT2D eigenvalue weighted by Gasteiger charge is 2.18. The lowest BCUT2D eigenvalue weighted by molar-refractivity contribution is -0.901. The molecule has 0 aliphatic carbocycles. The molecule has 0 aliphatic rings. The van der Waals surface area contributed by atoms with Crippen LogP contribution in [0.25, 0.3) is 0 Å². The number of rotatable bonds is 5. The third-order valence-electron chi connectivity index (χ3n) is 2.79. The van der Waals surface area contributed by atoms with E-state index in [0.717, 1.165) is 5.56 Å². The Kier molecular flexibility index (Phi) is 4.87. The predicted molar refractivity (Wildman–Crippen MR) is 71.0 cm³/mol. The van der Waals surface area contributed by atoms with Crippen LogP contribution in [0.5, 0.6) is 0 Å². The number of nitrogens with zero attached hydrogens (tertiary/aromatic N) is 2. The summed E-state index contributed by atoms with van der Waals surface area (Å²) >= 11 is 0. The molecule has 1 N–H and O–H groups in total. The van der Waals surface area contributed by atoms with E-state index in [1.807, 2.05) is 40.1 Å². The smallest absolute Gasteiger partial charge is 0.129 e. The predicted octanol–water partition coefficient (Wildman–Crippen LogP) is 0.864. The Morgan fingerprint density at radius 2 is 1.89 bits per heavy atom. The summed E-state index contributed by atoms with van der Waals surface area (Å²) < 4.78 is 0.141. The van der Waals surface area contributed by atoms with Crippen molar-refractivity contribution in [3.8, 4) is 0 Å². The number of aryl methyl sites for hydroxylation is 1. The molecule has 0 bridgehead atoms. The van der Waals surface area contributed by atoms with Gasteiger partial charge in [0, 0.05) is 0 Å². The number of hydrogen-bond acceptors (Lipinski definition) is 3. The number of benzene rings is 1. The molecule has 0 aliphatic heterocycles. The van der Waals surface area contributed by atoms with Gasteiger partial charge in [-0.2, -0.15) is 0 Å². The first-order chi connectivity index (χ1) is 8.34. The molecule has 1 aromatic carbocycles. The molecule has 0 saturated carbocycles. The average molecular weight is 250 g/mol. The van der Waals surface area contributed by atoms with Crippen molar-refractivity contribution in [2.45, 2.75) is 26.4 Å². The molecule has 0 heterocycles. The minimum absolute atomic E-state index is 0.141. The van der Waals surface area contributed by atoms with Crippen molar-refractivity contribution in [1.29, 1.82) is 0 Å². The highest BCUT2D eigenvalue weighted by Crippen LogP contribution is 2.07. The molecule has 0 amide bonds. The normalized spacial score (nSPS) is 14.6. The maximum absolute atomic E-state index is 12.0. The monoisotopic (exact) mass is 250 g/mol. The van der Waals surface area contributed by atoms with E-state index < -0.39 is 6.10 Å². The summed E-state index contributed by atoms with van der Waals surface area (Å²) in [6, 6.07) is 7.34. The van der Waals surface area contributed by atoms with Crippen molar-refractivity contribution < 1.29 is 14.8 Å². The molecule has 1 unspecified atom stereocenters. The Morgan fingerprint density at radius 1 is 1.33 bits per heavy atom. The van der Waals surface area contributed by atoms with Gasteiger partial charge in [0.05, 0.1) is 20.0 Å². The van der Waals surface area contributed by atoms with Gasteiger partial charge in [-0.25, -0.2) is 4.59 Å². The van der Waals surface area contributed by atoms with Gasteiger partial charge in [-0.15, -0.1) is 0 Å². The molecular formula is C14H22N2O2. The van der Waals surface area contributed by atoms with Crippen LogP contribution in [0.1, 0.15) is 24.5 Å². The number of likely N-dealkylation sites (N-methyl/N-ethyl adjacent to an activating group) is 1. The SMILES string of the molecule is CCC(O)C[N+](C)(C)/N=C(\[O-])c1ccc(C)cc1. The Bertz CT molecular complexity index is 410. The number of hydrogen-bond donors (Lipinski definition) is 1. The van der Waals surface area contributed by atoms with Crippen LogP contribution < -0.4 is 5.11 Å². The van der Waals surface area contributed by atoms with Gasteiger partial charge in [-0.1, -0.05) is 41.9 Å². The molecule has 1 rings (SSSR count). The van der Waals surface area contributed by atoms with Gasteiger partial charge in [0.25, 0.3) is 0 Å². The zero-order valence-corrected chi connectivity index (χ0v) is 11.6. The van der Waals surface area contributed by atoms with Crippen molar-refractivity contribution in [2.75, 3.05) is 20.6 Å². The van der Waals surface area contributed by atoms with Crippen LogP contribution in [-0.2, 0) is 0 Å². The highest BCUT2D eigenvalue weighted by atomic mass is 16.3. The van der Waals surface area contributed by atoms with E-state index in [4.69, 9.17) is 0 Å². The summed E-state index contributed by atoms with van der Waals surface area (Å²) in [7, 11) is 3.62. The first-order valence-corrected chi connectivity index (χ1v) is 6.19. The third-order valence-corrected chi connectivity index (χ3v) is 2.79. The van der Waals surface area contributed by atoms with Crippen LogP contribution in [0.2, 0.25) is 0 Å². The van der Waals surface area contributed by atoms with Crippen LogP contribution >= 0.6 is 0 Å². The second-order valence-corrected chi connectivity index (χ2v) is 5.14. The molecule has 4 heteroatoms. The molecule has 0 aromatic heterocycles. The lowest BCUT2D eigenvalue weighted by Gasteiger charge is -2.27. The van der Waals surface area contributed by atoms with Gasteiger partial charge in [0.15, 0.2) is 0 Å². The average Bonchev–Trinajstić information content (AvgIpc) is 2.28. The van der Waals surface area contributed by atoms with Gasteiger partial charge >= 0.3 is 0 Å². The fourth-order valence-electron chi connectivity index (χ4n) is 1.69. The first kappa shape index (κ1) is 14.7. The Hall–Kier alpha value is -1.39. The van der Waals surface area contributed by atoms with E-state index in [1.54, 1.807) is 12.1 Å². The van der Waals surface area contributed by atoms with Gasteiger partial charge in [-0.05, 0) is 18.9 Å². The molecule has 18 heavy (non-hydrogen) atoms. The number of quaternary nitrogens is 1. The van der Waals surface area contributed by atoms with E-state index in [0.29, 0.717) is 18.5 Å². The molecule has 1 atom stereocenters. The van der Waals surface area contributed by atoms with E-state index in [2.05, 4.69) is 5.10 Å². The topological polar surface area (TPSA) is 55.7 Å². The van der Waals surface area contributed by atoms with Crippen LogP contribution in [0.15, 0.2) is 29.4 Å². The van der Waals surface area contributed by atoms with Crippen molar-refractivity contribution in [3.63, 3.8) is 0 Å². The first-order valence-electron chi connectivity index (χ1n) is 6.19. The summed E-state index contributed by atoms with van der Waals surface area (Å²) in [6.45, 7) is 4.32. The lowest BCUT2D eigenvalue weighted by atomic mass is 10.1. The molecule has 0 saturated heterocycles. The summed E-state index contributed by atoms with van der Waals surface area (Å²) in [4.78, 5) is 0. The largest absolute Gasteiger partial charge is 0.855 e. The van der Waals surface area contributed by atoms with Gasteiger partial charge in [-0.3, -0.25) is 0 Å². The fourth-order valence-corrected chi connectivity index (χ4v) is 1.69. The minimum atomic E-state index is -0.436. The van der Waals surface area contributed by atoms with Crippen molar-refractivity contribution in [1.82, 2.24) is 0 Å². The Labute approximate surface area is 109 Å². The van der Waals surface area contributed by atoms with E-state index >= 15 is 0 Å². The standard InChI is InChI=1S/C14H22N2O2/c1-5-13(17)10-16(3,4)15-14(18)12-8-6-11(2)7-9-12/h6-9,13,17H,5,10H2,1-4H3. The molecule has 1 aromatic rings. The van der Waals surface area contributed by atoms with Gasteiger partial charge in [0.2, 0.25) is 0 Å². The van der Waals surface area contributed by atoms with Crippen LogP contribution in [-0.4, -0.2) is 42.3 Å². The lowest BCUT2D eigenvalue weighted by Crippen LogP contribution is -2.42. The summed E-state index contributed by atoms with van der Waals surface area (Å²) in [5.41, 5.74) is 1.69. The van der Waals surface area contributed by atoms with Crippen LogP contribution in [0, 0.1) is 6.92 Å². The summed E-state index contributed by atoms with van der Waals surface area (Å²) in [5, 5.41) is 25.7. The van der Waals surface area contributed by atoms with E-state index in [-0.39, 0.29) is 10.5 Å². The Balaban J connectivity index is 2.84. The quantitative estimate of drug-likeness (QED) is 0.365. The molecule has 100 valence electrons. The molecular weight excluding hydrogens is 228 g/mol. The second kappa shape index (κ2) is 5.98. The van der Waals surface area contributed by atoms with Gasteiger partial charge in [0.1, 0.15) is 12.6 Å². The van der Waals surface area contributed by atoms with Crippen molar-refractivity contribution in [2.24, 2.45) is 5.10 Å². The summed E-state index contributed by atoms with van der Waals surface area (Å²) in [5.74, 6) is -0.247. The van der Waals surface area contributed by atoms with E-state index in [1.165, 1.54) is 0 Å². The minimum Gasteiger partial charge on any atom is -0.855 e. The zero-order chi connectivity index (χ0) is 13.8. The third kappa shape index (κ3) is 4.47. The number of aliphatic hydroxyl groups excluding tert-OH is 1. The second-order valence-electron chi connectivity index (χ2n) is 5.14. The van der Waals surface area contributed by atoms with E-state index in [9.17, 15) is 10.2 Å². The highest BCUT2D eigenvalue weighted by molar-refractivity contribution is 5.90. The van der Waals surface area contributed by atoms with Crippen LogP contribution in [0.3, 0.4) is 0 Å². The maximum Gasteiger partial charge on any atom is 0.129 e. The molecule has 0 radical (unpaired) electrons.